The minimum atomic E-state index is -0.900. The molecule has 1 aromatic carbocycles. The van der Waals surface area contributed by atoms with Crippen LogP contribution in [0.3, 0.4) is 0 Å². The maximum Gasteiger partial charge on any atom is 0.327 e. The first kappa shape index (κ1) is 12.9. The number of benzene rings is 1. The molecule has 1 N–H and O–H groups in total. The number of hydrogen-bond donors (Lipinski definition) is 1. The number of rotatable bonds is 2. The first-order valence-corrected chi connectivity index (χ1v) is 7.82. The number of nitrogens with zero attached hydrogens (tertiary/aromatic N) is 1. The fraction of sp³-hybridized carbons (Fsp3) is 0.529. The highest BCUT2D eigenvalue weighted by molar-refractivity contribution is 6.04. The van der Waals surface area contributed by atoms with Gasteiger partial charge < -0.3 is 5.11 Å². The van der Waals surface area contributed by atoms with Crippen molar-refractivity contribution < 1.29 is 14.7 Å². The molecule has 2 fully saturated rings. The van der Waals surface area contributed by atoms with Crippen LogP contribution < -0.4 is 4.90 Å². The zero-order valence-corrected chi connectivity index (χ0v) is 11.9. The first-order chi connectivity index (χ1) is 10.2. The lowest BCUT2D eigenvalue weighted by Gasteiger charge is -2.23. The first-order valence-electron chi connectivity index (χ1n) is 7.82. The van der Waals surface area contributed by atoms with E-state index in [0.29, 0.717) is 18.3 Å². The summed E-state index contributed by atoms with van der Waals surface area (Å²) in [5, 5.41) is 9.47. The number of fused-ring (bicyclic) bond motifs is 2. The number of aliphatic carboxylic acids is 1. The molecular weight excluding hydrogens is 266 g/mol. The number of carbonyl (C=O) groups is 2. The lowest BCUT2D eigenvalue weighted by Crippen LogP contribution is -2.44. The van der Waals surface area contributed by atoms with E-state index in [9.17, 15) is 14.7 Å². The summed E-state index contributed by atoms with van der Waals surface area (Å²) in [5.74, 6) is 0.231. The van der Waals surface area contributed by atoms with Crippen LogP contribution in [0.25, 0.3) is 0 Å². The lowest BCUT2D eigenvalue weighted by atomic mass is 10.0. The normalized spacial score (nSPS) is 33.2. The molecule has 4 heteroatoms. The average Bonchev–Trinajstić information content (AvgIpc) is 3.09. The van der Waals surface area contributed by atoms with Crippen LogP contribution in [-0.4, -0.2) is 23.0 Å². The molecule has 0 spiro atoms. The van der Waals surface area contributed by atoms with E-state index in [2.05, 4.69) is 0 Å². The van der Waals surface area contributed by atoms with Gasteiger partial charge in [0.25, 0.3) is 0 Å². The van der Waals surface area contributed by atoms with Gasteiger partial charge in [0.05, 0.1) is 0 Å². The van der Waals surface area contributed by atoms with E-state index in [0.717, 1.165) is 24.1 Å². The molecule has 4 nitrogen and oxygen atoms in total. The van der Waals surface area contributed by atoms with Gasteiger partial charge in [0.2, 0.25) is 5.91 Å². The summed E-state index contributed by atoms with van der Waals surface area (Å²) in [4.78, 5) is 26.0. The topological polar surface area (TPSA) is 57.6 Å². The number of hydrogen-bond acceptors (Lipinski definition) is 2. The van der Waals surface area contributed by atoms with Crippen LogP contribution in [0.15, 0.2) is 24.3 Å². The van der Waals surface area contributed by atoms with Crippen LogP contribution >= 0.6 is 0 Å². The quantitative estimate of drug-likeness (QED) is 0.908. The van der Waals surface area contributed by atoms with Gasteiger partial charge in [-0.1, -0.05) is 31.0 Å². The van der Waals surface area contributed by atoms with E-state index in [1.54, 1.807) is 4.90 Å². The molecule has 0 bridgehead atoms. The summed E-state index contributed by atoms with van der Waals surface area (Å²) in [6, 6.07) is 6.87. The van der Waals surface area contributed by atoms with Crippen molar-refractivity contribution in [3.8, 4) is 0 Å². The Labute approximate surface area is 123 Å². The van der Waals surface area contributed by atoms with Gasteiger partial charge in [0, 0.05) is 18.0 Å². The van der Waals surface area contributed by atoms with Crippen molar-refractivity contribution in [1.29, 1.82) is 0 Å². The molecule has 0 aromatic heterocycles. The van der Waals surface area contributed by atoms with Crippen molar-refractivity contribution in [3.63, 3.8) is 0 Å². The number of para-hydroxylation sites is 1. The summed E-state index contributed by atoms with van der Waals surface area (Å²) >= 11 is 0. The second-order valence-electron chi connectivity index (χ2n) is 6.53. The third-order valence-corrected chi connectivity index (χ3v) is 5.44. The molecule has 1 aliphatic heterocycles. The number of carboxylic acid groups (broad SMARTS) is 1. The molecular formula is C17H19NO3. The third-order valence-electron chi connectivity index (χ3n) is 5.44. The van der Waals surface area contributed by atoms with E-state index in [1.807, 2.05) is 24.3 Å². The zero-order chi connectivity index (χ0) is 14.6. The lowest BCUT2D eigenvalue weighted by molar-refractivity contribution is -0.140. The van der Waals surface area contributed by atoms with E-state index < -0.39 is 12.0 Å². The molecule has 3 aliphatic rings. The SMILES string of the molecule is O=C(O)C1Cc2ccccc2N1C(=O)C1C2CCCCC21. The van der Waals surface area contributed by atoms with Crippen LogP contribution in [0.1, 0.15) is 31.2 Å². The molecule has 3 atom stereocenters. The van der Waals surface area contributed by atoms with Gasteiger partial charge in [-0.3, -0.25) is 9.69 Å². The van der Waals surface area contributed by atoms with E-state index in [1.165, 1.54) is 12.8 Å². The Morgan fingerprint density at radius 2 is 1.76 bits per heavy atom. The smallest absolute Gasteiger partial charge is 0.327 e. The summed E-state index contributed by atoms with van der Waals surface area (Å²) in [6.45, 7) is 0. The Morgan fingerprint density at radius 3 is 2.43 bits per heavy atom. The van der Waals surface area contributed by atoms with Gasteiger partial charge in [-0.15, -0.1) is 0 Å². The standard InChI is InChI=1S/C17H19NO3/c19-16(15-11-6-2-3-7-12(11)15)18-13-8-4-1-5-10(13)9-14(18)17(20)21/h1,4-5,8,11-12,14-15H,2-3,6-7,9H2,(H,20,21). The molecule has 2 saturated carbocycles. The maximum absolute atomic E-state index is 12.9. The van der Waals surface area contributed by atoms with Gasteiger partial charge in [-0.05, 0) is 36.3 Å². The fourth-order valence-electron chi connectivity index (χ4n) is 4.38. The van der Waals surface area contributed by atoms with Crippen LogP contribution in [0, 0.1) is 17.8 Å². The molecule has 0 radical (unpaired) electrons. The zero-order valence-electron chi connectivity index (χ0n) is 11.9. The predicted molar refractivity (Wildman–Crippen MR) is 78.0 cm³/mol. The van der Waals surface area contributed by atoms with Crippen molar-refractivity contribution >= 4 is 17.6 Å². The molecule has 3 unspecified atom stereocenters. The highest BCUT2D eigenvalue weighted by Gasteiger charge is 2.57. The van der Waals surface area contributed by atoms with Gasteiger partial charge in [-0.2, -0.15) is 0 Å². The molecule has 4 rings (SSSR count). The van der Waals surface area contributed by atoms with Crippen molar-refractivity contribution in [2.24, 2.45) is 17.8 Å². The monoisotopic (exact) mass is 285 g/mol. The number of amides is 1. The van der Waals surface area contributed by atoms with Gasteiger partial charge in [0.1, 0.15) is 6.04 Å². The summed E-state index contributed by atoms with van der Waals surface area (Å²) in [5.41, 5.74) is 1.78. The van der Waals surface area contributed by atoms with Crippen molar-refractivity contribution in [2.75, 3.05) is 4.90 Å². The van der Waals surface area contributed by atoms with Crippen LogP contribution in [-0.2, 0) is 16.0 Å². The van der Waals surface area contributed by atoms with E-state index in [4.69, 9.17) is 0 Å². The van der Waals surface area contributed by atoms with Gasteiger partial charge in [-0.25, -0.2) is 4.79 Å². The Bertz CT molecular complexity index is 600. The summed E-state index contributed by atoms with van der Waals surface area (Å²) in [7, 11) is 0. The molecule has 1 aromatic rings. The molecule has 2 aliphatic carbocycles. The highest BCUT2D eigenvalue weighted by atomic mass is 16.4. The molecule has 21 heavy (non-hydrogen) atoms. The highest BCUT2D eigenvalue weighted by Crippen LogP contribution is 2.56. The fourth-order valence-corrected chi connectivity index (χ4v) is 4.38. The van der Waals surface area contributed by atoms with Crippen LogP contribution in [0.4, 0.5) is 5.69 Å². The Balaban J connectivity index is 1.65. The van der Waals surface area contributed by atoms with Crippen molar-refractivity contribution in [1.82, 2.24) is 0 Å². The molecule has 110 valence electrons. The van der Waals surface area contributed by atoms with Crippen LogP contribution in [0.2, 0.25) is 0 Å². The minimum absolute atomic E-state index is 0.0456. The Morgan fingerprint density at radius 1 is 1.10 bits per heavy atom. The van der Waals surface area contributed by atoms with E-state index >= 15 is 0 Å². The average molecular weight is 285 g/mol. The van der Waals surface area contributed by atoms with Crippen LogP contribution in [0.5, 0.6) is 0 Å². The maximum atomic E-state index is 12.9. The molecule has 1 heterocycles. The number of carboxylic acids is 1. The third kappa shape index (κ3) is 1.88. The van der Waals surface area contributed by atoms with Crippen molar-refractivity contribution in [2.45, 2.75) is 38.1 Å². The van der Waals surface area contributed by atoms with Gasteiger partial charge >= 0.3 is 5.97 Å². The Hall–Kier alpha value is -1.84. The predicted octanol–water partition coefficient (Wildman–Crippen LogP) is 2.47. The molecule has 0 saturated heterocycles. The van der Waals surface area contributed by atoms with E-state index in [-0.39, 0.29) is 11.8 Å². The minimum Gasteiger partial charge on any atom is -0.480 e. The van der Waals surface area contributed by atoms with Gasteiger partial charge in [0.15, 0.2) is 0 Å². The summed E-state index contributed by atoms with van der Waals surface area (Å²) < 4.78 is 0. The largest absolute Gasteiger partial charge is 0.480 e. The second-order valence-corrected chi connectivity index (χ2v) is 6.53. The number of carbonyl (C=O) groups excluding carboxylic acids is 1. The second kappa shape index (κ2) is 4.58. The summed E-state index contributed by atoms with van der Waals surface area (Å²) in [6.07, 6.45) is 5.12. The number of anilines is 1. The molecule has 1 amide bonds. The van der Waals surface area contributed by atoms with Crippen molar-refractivity contribution in [3.05, 3.63) is 29.8 Å². The Kier molecular flexibility index (Phi) is 2.81.